The monoisotopic (exact) mass is 385 g/mol. The van der Waals surface area contributed by atoms with Gasteiger partial charge >= 0.3 is 0 Å². The van der Waals surface area contributed by atoms with Gasteiger partial charge in [0.2, 0.25) is 11.8 Å². The normalized spacial score (nSPS) is 10.2. The molecule has 0 heterocycles. The van der Waals surface area contributed by atoms with Crippen molar-refractivity contribution in [2.75, 3.05) is 19.6 Å². The lowest BCUT2D eigenvalue weighted by molar-refractivity contribution is -0.135. The minimum absolute atomic E-state index is 0.114. The summed E-state index contributed by atoms with van der Waals surface area (Å²) in [6.07, 6.45) is 0. The Morgan fingerprint density at radius 1 is 1.00 bits per heavy atom. The number of carbonyl (C=O) groups excluding carboxylic acids is 3. The van der Waals surface area contributed by atoms with Gasteiger partial charge in [-0.1, -0.05) is 30.3 Å². The molecule has 0 bridgehead atoms. The number of likely N-dealkylation sites (N-methyl/N-ethyl adjacent to an activating group) is 1. The Bertz CT molecular complexity index is 837. The van der Waals surface area contributed by atoms with Crippen molar-refractivity contribution in [3.05, 3.63) is 71.0 Å². The van der Waals surface area contributed by atoms with Crippen LogP contribution in [0.1, 0.15) is 28.4 Å². The zero-order valence-corrected chi connectivity index (χ0v) is 16.0. The van der Waals surface area contributed by atoms with E-state index in [9.17, 15) is 18.8 Å². The first-order valence-corrected chi connectivity index (χ1v) is 9.03. The molecule has 6 nitrogen and oxygen atoms in total. The Labute approximate surface area is 163 Å². The first-order valence-electron chi connectivity index (χ1n) is 9.03. The van der Waals surface area contributed by atoms with Crippen LogP contribution < -0.4 is 10.6 Å². The number of carbonyl (C=O) groups is 3. The number of amides is 3. The highest BCUT2D eigenvalue weighted by Gasteiger charge is 2.17. The van der Waals surface area contributed by atoms with Crippen molar-refractivity contribution >= 4 is 17.7 Å². The van der Waals surface area contributed by atoms with Gasteiger partial charge in [0.1, 0.15) is 5.82 Å². The summed E-state index contributed by atoms with van der Waals surface area (Å²) in [5.74, 6) is -1.35. The lowest BCUT2D eigenvalue weighted by Crippen LogP contribution is -2.45. The number of rotatable bonds is 8. The van der Waals surface area contributed by atoms with E-state index in [0.29, 0.717) is 12.1 Å². The predicted molar refractivity (Wildman–Crippen MR) is 104 cm³/mol. The molecular weight excluding hydrogens is 361 g/mol. The van der Waals surface area contributed by atoms with Crippen molar-refractivity contribution in [1.29, 1.82) is 0 Å². The summed E-state index contributed by atoms with van der Waals surface area (Å²) in [7, 11) is 0. The number of hydrogen-bond donors (Lipinski definition) is 2. The van der Waals surface area contributed by atoms with Crippen LogP contribution in [-0.2, 0) is 16.1 Å². The summed E-state index contributed by atoms with van der Waals surface area (Å²) in [5.41, 5.74) is 2.09. The molecule has 0 aliphatic heterocycles. The molecule has 0 saturated carbocycles. The van der Waals surface area contributed by atoms with Crippen LogP contribution in [0, 0.1) is 12.7 Å². The van der Waals surface area contributed by atoms with E-state index in [1.807, 2.05) is 19.1 Å². The minimum atomic E-state index is -0.346. The van der Waals surface area contributed by atoms with Gasteiger partial charge in [-0.05, 0) is 43.2 Å². The molecule has 148 valence electrons. The third-order valence-electron chi connectivity index (χ3n) is 4.26. The fourth-order valence-electron chi connectivity index (χ4n) is 2.60. The highest BCUT2D eigenvalue weighted by atomic mass is 19.1. The lowest BCUT2D eigenvalue weighted by Gasteiger charge is -2.20. The van der Waals surface area contributed by atoms with Gasteiger partial charge in [-0.3, -0.25) is 14.4 Å². The molecule has 2 aromatic rings. The molecule has 7 heteroatoms. The van der Waals surface area contributed by atoms with E-state index >= 15 is 0 Å². The van der Waals surface area contributed by atoms with Crippen molar-refractivity contribution in [2.45, 2.75) is 20.4 Å². The van der Waals surface area contributed by atoms with Crippen LogP contribution in [-0.4, -0.2) is 42.3 Å². The third kappa shape index (κ3) is 6.19. The van der Waals surface area contributed by atoms with E-state index in [0.717, 1.165) is 11.1 Å². The van der Waals surface area contributed by atoms with Gasteiger partial charge in [-0.25, -0.2) is 4.39 Å². The fourth-order valence-corrected chi connectivity index (χ4v) is 2.60. The topological polar surface area (TPSA) is 78.5 Å². The molecule has 0 unspecified atom stereocenters. The van der Waals surface area contributed by atoms with Crippen molar-refractivity contribution < 1.29 is 18.8 Å². The van der Waals surface area contributed by atoms with Crippen LogP contribution >= 0.6 is 0 Å². The van der Waals surface area contributed by atoms with E-state index in [2.05, 4.69) is 10.6 Å². The van der Waals surface area contributed by atoms with E-state index < -0.39 is 0 Å². The Kier molecular flexibility index (Phi) is 7.68. The lowest BCUT2D eigenvalue weighted by atomic mass is 10.1. The molecular formula is C21H24FN3O3. The molecule has 2 aromatic carbocycles. The molecule has 0 aromatic heterocycles. The quantitative estimate of drug-likeness (QED) is 0.730. The summed E-state index contributed by atoms with van der Waals surface area (Å²) >= 11 is 0. The number of nitrogens with zero attached hydrogens (tertiary/aromatic N) is 1. The van der Waals surface area contributed by atoms with E-state index in [-0.39, 0.29) is 43.2 Å². The molecule has 0 saturated heterocycles. The number of hydrogen-bond acceptors (Lipinski definition) is 3. The van der Waals surface area contributed by atoms with Crippen LogP contribution in [0.15, 0.2) is 48.5 Å². The smallest absolute Gasteiger partial charge is 0.251 e. The van der Waals surface area contributed by atoms with Crippen molar-refractivity contribution in [3.8, 4) is 0 Å². The van der Waals surface area contributed by atoms with Crippen LogP contribution in [0.2, 0.25) is 0 Å². The maximum atomic E-state index is 12.9. The highest BCUT2D eigenvalue weighted by Crippen LogP contribution is 2.06. The largest absolute Gasteiger partial charge is 0.350 e. The Hall–Kier alpha value is -3.22. The fraction of sp³-hybridized carbons (Fsp3) is 0.286. The van der Waals surface area contributed by atoms with Gasteiger partial charge in [0, 0.05) is 18.7 Å². The van der Waals surface area contributed by atoms with Gasteiger partial charge < -0.3 is 15.5 Å². The Morgan fingerprint density at radius 3 is 2.32 bits per heavy atom. The average Bonchev–Trinajstić information content (AvgIpc) is 2.69. The number of aryl methyl sites for hydroxylation is 1. The van der Waals surface area contributed by atoms with Gasteiger partial charge in [0.15, 0.2) is 0 Å². The molecule has 0 radical (unpaired) electrons. The first kappa shape index (κ1) is 21.1. The van der Waals surface area contributed by atoms with Crippen LogP contribution in [0.4, 0.5) is 4.39 Å². The van der Waals surface area contributed by atoms with Gasteiger partial charge in [0.05, 0.1) is 13.1 Å². The second kappa shape index (κ2) is 10.2. The van der Waals surface area contributed by atoms with Crippen LogP contribution in [0.25, 0.3) is 0 Å². The summed E-state index contributed by atoms with van der Waals surface area (Å²) in [4.78, 5) is 38.0. The summed E-state index contributed by atoms with van der Waals surface area (Å²) in [6.45, 7) is 3.86. The molecule has 28 heavy (non-hydrogen) atoms. The standard InChI is InChI=1S/C21H24FN3O3/c1-3-25(14-19(26)23-12-16-8-10-17(22)11-9-16)20(27)13-24-21(28)18-7-5-4-6-15(18)2/h4-11H,3,12-14H2,1-2H3,(H,23,26)(H,24,28). The zero-order chi connectivity index (χ0) is 20.5. The second-order valence-electron chi connectivity index (χ2n) is 6.31. The molecule has 0 fully saturated rings. The maximum absolute atomic E-state index is 12.9. The van der Waals surface area contributed by atoms with Crippen molar-refractivity contribution in [2.24, 2.45) is 0 Å². The van der Waals surface area contributed by atoms with Crippen molar-refractivity contribution in [1.82, 2.24) is 15.5 Å². The molecule has 0 spiro atoms. The minimum Gasteiger partial charge on any atom is -0.350 e. The molecule has 0 atom stereocenters. The number of nitrogens with one attached hydrogen (secondary N) is 2. The number of halogens is 1. The molecule has 3 amide bonds. The third-order valence-corrected chi connectivity index (χ3v) is 4.26. The second-order valence-corrected chi connectivity index (χ2v) is 6.31. The van der Waals surface area contributed by atoms with Crippen LogP contribution in [0.3, 0.4) is 0 Å². The van der Waals surface area contributed by atoms with E-state index in [4.69, 9.17) is 0 Å². The molecule has 0 aliphatic carbocycles. The van der Waals surface area contributed by atoms with Gasteiger partial charge in [-0.15, -0.1) is 0 Å². The highest BCUT2D eigenvalue weighted by molar-refractivity contribution is 5.97. The molecule has 2 N–H and O–H groups in total. The molecule has 2 rings (SSSR count). The Balaban J connectivity index is 1.81. The van der Waals surface area contributed by atoms with E-state index in [1.54, 1.807) is 31.2 Å². The molecule has 0 aliphatic rings. The maximum Gasteiger partial charge on any atom is 0.251 e. The number of benzene rings is 2. The zero-order valence-electron chi connectivity index (χ0n) is 16.0. The van der Waals surface area contributed by atoms with Crippen molar-refractivity contribution in [3.63, 3.8) is 0 Å². The predicted octanol–water partition coefficient (Wildman–Crippen LogP) is 2.03. The summed E-state index contributed by atoms with van der Waals surface area (Å²) < 4.78 is 12.9. The van der Waals surface area contributed by atoms with Gasteiger partial charge in [-0.2, -0.15) is 0 Å². The summed E-state index contributed by atoms with van der Waals surface area (Å²) in [6, 6.07) is 12.9. The SMILES string of the molecule is CCN(CC(=O)NCc1ccc(F)cc1)C(=O)CNC(=O)c1ccccc1C. The first-order chi connectivity index (χ1) is 13.4. The van der Waals surface area contributed by atoms with Crippen LogP contribution in [0.5, 0.6) is 0 Å². The summed E-state index contributed by atoms with van der Waals surface area (Å²) in [5, 5.41) is 5.29. The average molecular weight is 385 g/mol. The van der Waals surface area contributed by atoms with E-state index in [1.165, 1.54) is 17.0 Å². The van der Waals surface area contributed by atoms with Gasteiger partial charge in [0.25, 0.3) is 5.91 Å². The Morgan fingerprint density at radius 2 is 1.68 bits per heavy atom.